The van der Waals surface area contributed by atoms with Crippen molar-refractivity contribution in [3.8, 4) is 0 Å². The first-order valence-corrected chi connectivity index (χ1v) is 6.72. The molecule has 0 fully saturated rings. The Kier molecular flexibility index (Phi) is 4.07. The number of carbonyl (C=O) groups is 2. The van der Waals surface area contributed by atoms with Crippen molar-refractivity contribution in [3.63, 3.8) is 0 Å². The summed E-state index contributed by atoms with van der Waals surface area (Å²) in [5.41, 5.74) is 1.10. The van der Waals surface area contributed by atoms with Crippen molar-refractivity contribution in [1.29, 1.82) is 0 Å². The van der Waals surface area contributed by atoms with Crippen LogP contribution in [0.25, 0.3) is 0 Å². The lowest BCUT2D eigenvalue weighted by atomic mass is 10.1. The monoisotopic (exact) mass is 268 g/mol. The lowest BCUT2D eigenvalue weighted by Gasteiger charge is -2.12. The second-order valence-corrected chi connectivity index (χ2v) is 4.95. The molecule has 5 heteroatoms. The standard InChI is InChI=1S/C13H17ClN2O2/c1-15-8-5-11(17)12-10(13(15)18)4-9-16(12)7-3-2-6-14/h4,9H,2-3,5-8H2,1H3. The summed E-state index contributed by atoms with van der Waals surface area (Å²) >= 11 is 5.65. The Morgan fingerprint density at radius 2 is 2.11 bits per heavy atom. The topological polar surface area (TPSA) is 42.3 Å². The van der Waals surface area contributed by atoms with Gasteiger partial charge < -0.3 is 9.47 Å². The summed E-state index contributed by atoms with van der Waals surface area (Å²) in [6.45, 7) is 1.23. The number of unbranched alkanes of at least 4 members (excludes halogenated alkanes) is 1. The van der Waals surface area contributed by atoms with Crippen LogP contribution in [-0.2, 0) is 6.54 Å². The second kappa shape index (κ2) is 5.57. The number of alkyl halides is 1. The fraction of sp³-hybridized carbons (Fsp3) is 0.538. The highest BCUT2D eigenvalue weighted by molar-refractivity contribution is 6.17. The fourth-order valence-electron chi connectivity index (χ4n) is 2.21. The molecule has 0 atom stereocenters. The van der Waals surface area contributed by atoms with Gasteiger partial charge in [-0.2, -0.15) is 0 Å². The third kappa shape index (κ3) is 2.43. The molecular formula is C13H17ClN2O2. The van der Waals surface area contributed by atoms with Crippen LogP contribution in [0.2, 0.25) is 0 Å². The Morgan fingerprint density at radius 3 is 2.83 bits per heavy atom. The molecule has 0 saturated carbocycles. The van der Waals surface area contributed by atoms with Gasteiger partial charge in [0.2, 0.25) is 0 Å². The number of hydrogen-bond acceptors (Lipinski definition) is 2. The zero-order valence-corrected chi connectivity index (χ0v) is 11.2. The van der Waals surface area contributed by atoms with Gasteiger partial charge in [-0.1, -0.05) is 0 Å². The van der Waals surface area contributed by atoms with Crippen LogP contribution in [0.4, 0.5) is 0 Å². The van der Waals surface area contributed by atoms with Crippen LogP contribution >= 0.6 is 11.6 Å². The molecule has 2 rings (SSSR count). The van der Waals surface area contributed by atoms with Crippen molar-refractivity contribution in [2.45, 2.75) is 25.8 Å². The van der Waals surface area contributed by atoms with E-state index in [2.05, 4.69) is 0 Å². The minimum atomic E-state index is -0.0630. The Labute approximate surface area is 112 Å². The Balaban J connectivity index is 2.28. The Morgan fingerprint density at radius 1 is 1.33 bits per heavy atom. The Hall–Kier alpha value is -1.29. The molecule has 1 aromatic heterocycles. The van der Waals surface area contributed by atoms with E-state index in [1.54, 1.807) is 18.0 Å². The first-order chi connectivity index (χ1) is 8.65. The highest BCUT2D eigenvalue weighted by Gasteiger charge is 2.27. The minimum absolute atomic E-state index is 0.0542. The van der Waals surface area contributed by atoms with E-state index < -0.39 is 0 Å². The first-order valence-electron chi connectivity index (χ1n) is 6.19. The number of amides is 1. The van der Waals surface area contributed by atoms with Crippen molar-refractivity contribution < 1.29 is 9.59 Å². The summed E-state index contributed by atoms with van der Waals surface area (Å²) in [7, 11) is 1.73. The molecule has 1 aromatic rings. The molecule has 0 spiro atoms. The fourth-order valence-corrected chi connectivity index (χ4v) is 2.40. The van der Waals surface area contributed by atoms with Gasteiger partial charge in [-0.05, 0) is 18.9 Å². The van der Waals surface area contributed by atoms with E-state index in [0.717, 1.165) is 19.4 Å². The summed E-state index contributed by atoms with van der Waals surface area (Å²) in [4.78, 5) is 25.8. The second-order valence-electron chi connectivity index (χ2n) is 4.57. The molecule has 1 aliphatic heterocycles. The van der Waals surface area contributed by atoms with Crippen LogP contribution in [0.3, 0.4) is 0 Å². The van der Waals surface area contributed by atoms with E-state index in [1.807, 2.05) is 10.8 Å². The molecule has 18 heavy (non-hydrogen) atoms. The molecule has 0 radical (unpaired) electrons. The number of ketones is 1. The van der Waals surface area contributed by atoms with Crippen LogP contribution in [0.5, 0.6) is 0 Å². The normalized spacial score (nSPS) is 15.8. The zero-order chi connectivity index (χ0) is 13.1. The van der Waals surface area contributed by atoms with Crippen molar-refractivity contribution in [2.75, 3.05) is 19.5 Å². The van der Waals surface area contributed by atoms with Crippen LogP contribution in [-0.4, -0.2) is 40.6 Å². The number of fused-ring (bicyclic) bond motifs is 1. The largest absolute Gasteiger partial charge is 0.344 e. The number of nitrogens with zero attached hydrogens (tertiary/aromatic N) is 2. The molecule has 4 nitrogen and oxygen atoms in total. The van der Waals surface area contributed by atoms with Gasteiger partial charge >= 0.3 is 0 Å². The first kappa shape index (κ1) is 13.1. The summed E-state index contributed by atoms with van der Waals surface area (Å²) in [6.07, 6.45) is 4.06. The summed E-state index contributed by atoms with van der Waals surface area (Å²) in [5, 5.41) is 0. The van der Waals surface area contributed by atoms with E-state index in [1.165, 1.54) is 0 Å². The van der Waals surface area contributed by atoms with Crippen LogP contribution in [0.1, 0.15) is 40.1 Å². The van der Waals surface area contributed by atoms with Crippen molar-refractivity contribution in [2.24, 2.45) is 0 Å². The van der Waals surface area contributed by atoms with Gasteiger partial charge in [0, 0.05) is 38.6 Å². The number of aryl methyl sites for hydroxylation is 1. The van der Waals surface area contributed by atoms with Crippen LogP contribution in [0, 0.1) is 0 Å². The predicted octanol–water partition coefficient (Wildman–Crippen LogP) is 2.17. The number of rotatable bonds is 4. The number of aromatic nitrogens is 1. The van der Waals surface area contributed by atoms with Crippen LogP contribution < -0.4 is 0 Å². The zero-order valence-electron chi connectivity index (χ0n) is 10.5. The average Bonchev–Trinajstić information content (AvgIpc) is 2.74. The maximum atomic E-state index is 12.1. The van der Waals surface area contributed by atoms with Gasteiger partial charge in [-0.3, -0.25) is 9.59 Å². The van der Waals surface area contributed by atoms with E-state index >= 15 is 0 Å². The molecule has 98 valence electrons. The maximum Gasteiger partial charge on any atom is 0.255 e. The average molecular weight is 269 g/mol. The SMILES string of the molecule is CN1CCC(=O)c2c(ccn2CCCCCl)C1=O. The third-order valence-electron chi connectivity index (χ3n) is 3.26. The lowest BCUT2D eigenvalue weighted by Crippen LogP contribution is -2.26. The summed E-state index contributed by atoms with van der Waals surface area (Å²) in [5.74, 6) is 0.615. The van der Waals surface area contributed by atoms with E-state index in [0.29, 0.717) is 30.1 Å². The number of hydrogen-bond donors (Lipinski definition) is 0. The molecule has 1 amide bonds. The van der Waals surface area contributed by atoms with Gasteiger partial charge in [0.25, 0.3) is 5.91 Å². The van der Waals surface area contributed by atoms with Crippen LogP contribution in [0.15, 0.2) is 12.3 Å². The van der Waals surface area contributed by atoms with E-state index in [4.69, 9.17) is 11.6 Å². The van der Waals surface area contributed by atoms with Gasteiger partial charge in [0.1, 0.15) is 0 Å². The molecule has 0 bridgehead atoms. The molecule has 0 N–H and O–H groups in total. The molecular weight excluding hydrogens is 252 g/mol. The highest BCUT2D eigenvalue weighted by atomic mass is 35.5. The van der Waals surface area contributed by atoms with Crippen molar-refractivity contribution in [1.82, 2.24) is 9.47 Å². The quantitative estimate of drug-likeness (QED) is 0.620. The molecule has 0 unspecified atom stereocenters. The summed E-state index contributed by atoms with van der Waals surface area (Å²) in [6, 6.07) is 1.75. The van der Waals surface area contributed by atoms with Crippen molar-refractivity contribution >= 4 is 23.3 Å². The lowest BCUT2D eigenvalue weighted by molar-refractivity contribution is 0.0798. The van der Waals surface area contributed by atoms with Gasteiger partial charge in [-0.25, -0.2) is 0 Å². The van der Waals surface area contributed by atoms with E-state index in [9.17, 15) is 9.59 Å². The van der Waals surface area contributed by atoms with Crippen molar-refractivity contribution in [3.05, 3.63) is 23.5 Å². The molecule has 0 saturated heterocycles. The number of halogens is 1. The minimum Gasteiger partial charge on any atom is -0.344 e. The molecule has 1 aliphatic rings. The predicted molar refractivity (Wildman–Crippen MR) is 70.3 cm³/mol. The number of carbonyl (C=O) groups excluding carboxylic acids is 2. The van der Waals surface area contributed by atoms with Gasteiger partial charge in [0.05, 0.1) is 11.3 Å². The van der Waals surface area contributed by atoms with Gasteiger partial charge in [0.15, 0.2) is 5.78 Å². The Bertz CT molecular complexity index is 468. The maximum absolute atomic E-state index is 12.1. The molecule has 0 aliphatic carbocycles. The molecule has 0 aromatic carbocycles. The van der Waals surface area contributed by atoms with Gasteiger partial charge in [-0.15, -0.1) is 11.6 Å². The third-order valence-corrected chi connectivity index (χ3v) is 3.53. The molecule has 2 heterocycles. The number of Topliss-reactive ketones (excluding diaryl/α,β-unsaturated/α-hetero) is 1. The summed E-state index contributed by atoms with van der Waals surface area (Å²) < 4.78 is 1.89. The smallest absolute Gasteiger partial charge is 0.255 e. The highest BCUT2D eigenvalue weighted by Crippen LogP contribution is 2.20. The van der Waals surface area contributed by atoms with E-state index in [-0.39, 0.29) is 11.7 Å².